The van der Waals surface area contributed by atoms with Crippen molar-refractivity contribution in [2.45, 2.75) is 6.04 Å². The number of nitrogens with zero attached hydrogens (tertiary/aromatic N) is 4. The molecule has 0 amide bonds. The quantitative estimate of drug-likeness (QED) is 0.795. The molecule has 5 heteroatoms. The molecular weight excluding hydrogens is 226 g/mol. The van der Waals surface area contributed by atoms with Crippen molar-refractivity contribution in [1.82, 2.24) is 15.2 Å². The van der Waals surface area contributed by atoms with E-state index in [1.165, 1.54) is 0 Å². The molecule has 2 fully saturated rings. The smallest absolute Gasteiger partial charge is 0.101 e. The second kappa shape index (κ2) is 4.92. The molecule has 0 spiro atoms. The molecule has 2 aliphatic heterocycles. The van der Waals surface area contributed by atoms with Crippen molar-refractivity contribution in [3.8, 4) is 6.07 Å². The third-order valence-electron chi connectivity index (χ3n) is 3.85. The summed E-state index contributed by atoms with van der Waals surface area (Å²) in [5.41, 5.74) is 1.70. The Bertz CT molecular complexity index is 455. The van der Waals surface area contributed by atoms with Gasteiger partial charge in [0.25, 0.3) is 0 Å². The predicted octanol–water partition coefficient (Wildman–Crippen LogP) is 0.0471. The van der Waals surface area contributed by atoms with Crippen LogP contribution < -0.4 is 10.2 Å². The molecule has 1 N–H and O–H groups in total. The minimum absolute atomic E-state index is 0.719. The Balaban J connectivity index is 1.67. The van der Waals surface area contributed by atoms with Crippen molar-refractivity contribution in [2.75, 3.05) is 44.2 Å². The SMILES string of the molecule is N#Cc1ccncc1N1CCN(C2CNC2)CC1. The maximum absolute atomic E-state index is 9.11. The van der Waals surface area contributed by atoms with Gasteiger partial charge in [-0.05, 0) is 6.07 Å². The fourth-order valence-corrected chi connectivity index (χ4v) is 2.59. The van der Waals surface area contributed by atoms with E-state index in [1.807, 2.05) is 0 Å². The number of anilines is 1. The molecule has 0 bridgehead atoms. The number of nitriles is 1. The first-order valence-corrected chi connectivity index (χ1v) is 6.42. The molecule has 1 aromatic rings. The lowest BCUT2D eigenvalue weighted by Gasteiger charge is -2.43. The standard InChI is InChI=1S/C13H17N5/c14-7-11-1-2-15-10-13(11)18-5-3-17(4-6-18)12-8-16-9-12/h1-2,10,12,16H,3-6,8-9H2. The van der Waals surface area contributed by atoms with Crippen LogP contribution >= 0.6 is 0 Å². The molecule has 0 radical (unpaired) electrons. The lowest BCUT2D eigenvalue weighted by atomic mass is 10.1. The monoisotopic (exact) mass is 243 g/mol. The zero-order valence-corrected chi connectivity index (χ0v) is 10.3. The summed E-state index contributed by atoms with van der Waals surface area (Å²) in [6.45, 7) is 6.36. The molecule has 0 aromatic carbocycles. The first-order chi connectivity index (χ1) is 8.88. The normalized spacial score (nSPS) is 21.4. The van der Waals surface area contributed by atoms with Crippen molar-refractivity contribution in [3.05, 3.63) is 24.0 Å². The molecule has 3 rings (SSSR count). The van der Waals surface area contributed by atoms with E-state index in [0.29, 0.717) is 0 Å². The first kappa shape index (κ1) is 11.5. The molecule has 2 saturated heterocycles. The number of piperazine rings is 1. The highest BCUT2D eigenvalue weighted by Gasteiger charge is 2.28. The summed E-state index contributed by atoms with van der Waals surface area (Å²) in [6, 6.07) is 4.75. The van der Waals surface area contributed by atoms with Gasteiger partial charge < -0.3 is 10.2 Å². The third kappa shape index (κ3) is 2.05. The van der Waals surface area contributed by atoms with E-state index in [4.69, 9.17) is 5.26 Å². The lowest BCUT2D eigenvalue weighted by Crippen LogP contribution is -2.61. The summed E-state index contributed by atoms with van der Waals surface area (Å²) < 4.78 is 0. The van der Waals surface area contributed by atoms with Crippen LogP contribution in [0.25, 0.3) is 0 Å². The van der Waals surface area contributed by atoms with E-state index >= 15 is 0 Å². The number of rotatable bonds is 2. The van der Waals surface area contributed by atoms with Gasteiger partial charge in [-0.25, -0.2) is 0 Å². The molecule has 0 aliphatic carbocycles. The number of aromatic nitrogens is 1. The second-order valence-corrected chi connectivity index (χ2v) is 4.84. The topological polar surface area (TPSA) is 55.2 Å². The van der Waals surface area contributed by atoms with Crippen LogP contribution in [0, 0.1) is 11.3 Å². The Hall–Kier alpha value is -1.64. The number of pyridine rings is 1. The molecule has 1 aromatic heterocycles. The van der Waals surface area contributed by atoms with Gasteiger partial charge in [-0.1, -0.05) is 0 Å². The van der Waals surface area contributed by atoms with Crippen molar-refractivity contribution in [1.29, 1.82) is 5.26 Å². The lowest BCUT2D eigenvalue weighted by molar-refractivity contribution is 0.138. The van der Waals surface area contributed by atoms with Crippen molar-refractivity contribution < 1.29 is 0 Å². The molecule has 0 unspecified atom stereocenters. The molecule has 0 saturated carbocycles. The fraction of sp³-hybridized carbons (Fsp3) is 0.538. The highest BCUT2D eigenvalue weighted by Crippen LogP contribution is 2.20. The maximum Gasteiger partial charge on any atom is 0.101 e. The zero-order valence-electron chi connectivity index (χ0n) is 10.3. The van der Waals surface area contributed by atoms with E-state index in [-0.39, 0.29) is 0 Å². The molecule has 2 aliphatic rings. The minimum Gasteiger partial charge on any atom is -0.367 e. The summed E-state index contributed by atoms with van der Waals surface area (Å²) in [6.07, 6.45) is 3.48. The van der Waals surface area contributed by atoms with E-state index < -0.39 is 0 Å². The van der Waals surface area contributed by atoms with E-state index in [2.05, 4.69) is 26.2 Å². The average molecular weight is 243 g/mol. The van der Waals surface area contributed by atoms with Crippen LogP contribution in [-0.2, 0) is 0 Å². The summed E-state index contributed by atoms with van der Waals surface area (Å²) in [5, 5.41) is 12.4. The maximum atomic E-state index is 9.11. The van der Waals surface area contributed by atoms with Crippen LogP contribution in [0.15, 0.2) is 18.5 Å². The summed E-state index contributed by atoms with van der Waals surface area (Å²) in [7, 11) is 0. The van der Waals surface area contributed by atoms with Crippen molar-refractivity contribution in [3.63, 3.8) is 0 Å². The highest BCUT2D eigenvalue weighted by atomic mass is 15.3. The van der Waals surface area contributed by atoms with Gasteiger partial charge >= 0.3 is 0 Å². The predicted molar refractivity (Wildman–Crippen MR) is 69.4 cm³/mol. The zero-order chi connectivity index (χ0) is 12.4. The van der Waals surface area contributed by atoms with Gasteiger partial charge in [0.05, 0.1) is 17.4 Å². The van der Waals surface area contributed by atoms with Crippen molar-refractivity contribution in [2.24, 2.45) is 0 Å². The Labute approximate surface area is 107 Å². The van der Waals surface area contributed by atoms with Gasteiger partial charge in [0.15, 0.2) is 0 Å². The van der Waals surface area contributed by atoms with Gasteiger partial charge in [-0.3, -0.25) is 9.88 Å². The van der Waals surface area contributed by atoms with Gasteiger partial charge in [0.1, 0.15) is 6.07 Å². The molecule has 94 valence electrons. The Kier molecular flexibility index (Phi) is 3.13. The molecule has 5 nitrogen and oxygen atoms in total. The third-order valence-corrected chi connectivity index (χ3v) is 3.85. The van der Waals surface area contributed by atoms with E-state index in [0.717, 1.165) is 56.6 Å². The van der Waals surface area contributed by atoms with Crippen LogP contribution in [0.2, 0.25) is 0 Å². The van der Waals surface area contributed by atoms with Crippen LogP contribution in [0.4, 0.5) is 5.69 Å². The first-order valence-electron chi connectivity index (χ1n) is 6.42. The van der Waals surface area contributed by atoms with Gasteiger partial charge in [0, 0.05) is 51.5 Å². The van der Waals surface area contributed by atoms with Gasteiger partial charge in [-0.2, -0.15) is 5.26 Å². The largest absolute Gasteiger partial charge is 0.367 e. The van der Waals surface area contributed by atoms with Gasteiger partial charge in [-0.15, -0.1) is 0 Å². The average Bonchev–Trinajstić information content (AvgIpc) is 2.38. The number of nitrogens with one attached hydrogen (secondary N) is 1. The number of hydrogen-bond acceptors (Lipinski definition) is 5. The van der Waals surface area contributed by atoms with Crippen LogP contribution in [0.1, 0.15) is 5.56 Å². The van der Waals surface area contributed by atoms with Crippen molar-refractivity contribution >= 4 is 5.69 Å². The number of hydrogen-bond donors (Lipinski definition) is 1. The minimum atomic E-state index is 0.719. The van der Waals surface area contributed by atoms with Crippen LogP contribution in [0.3, 0.4) is 0 Å². The summed E-state index contributed by atoms with van der Waals surface area (Å²) in [4.78, 5) is 8.94. The fourth-order valence-electron chi connectivity index (χ4n) is 2.59. The molecule has 0 atom stereocenters. The van der Waals surface area contributed by atoms with E-state index in [1.54, 1.807) is 18.5 Å². The van der Waals surface area contributed by atoms with Crippen LogP contribution in [0.5, 0.6) is 0 Å². The van der Waals surface area contributed by atoms with E-state index in [9.17, 15) is 0 Å². The molecule has 18 heavy (non-hydrogen) atoms. The highest BCUT2D eigenvalue weighted by molar-refractivity contribution is 5.57. The second-order valence-electron chi connectivity index (χ2n) is 4.84. The van der Waals surface area contributed by atoms with Crippen LogP contribution in [-0.4, -0.2) is 55.2 Å². The van der Waals surface area contributed by atoms with Gasteiger partial charge in [0.2, 0.25) is 0 Å². The summed E-state index contributed by atoms with van der Waals surface area (Å²) >= 11 is 0. The Morgan fingerprint density at radius 3 is 2.67 bits per heavy atom. The molecule has 3 heterocycles. The Morgan fingerprint density at radius 1 is 1.28 bits per heavy atom. The molecular formula is C13H17N5. The summed E-state index contributed by atoms with van der Waals surface area (Å²) in [5.74, 6) is 0. The Morgan fingerprint density at radius 2 is 2.06 bits per heavy atom.